The zero-order valence-corrected chi connectivity index (χ0v) is 19.0. The lowest BCUT2D eigenvalue weighted by Gasteiger charge is -2.38. The Bertz CT molecular complexity index is 1030. The molecule has 1 aromatic carbocycles. The van der Waals surface area contributed by atoms with Gasteiger partial charge in [0.25, 0.3) is 0 Å². The second-order valence-electron chi connectivity index (χ2n) is 8.16. The normalized spacial score (nSPS) is 19.0. The van der Waals surface area contributed by atoms with Crippen LogP contribution in [0.4, 0.5) is 14.6 Å². The molecule has 0 radical (unpaired) electrons. The molecular weight excluding hydrogens is 450 g/mol. The Morgan fingerprint density at radius 1 is 1.21 bits per heavy atom. The van der Waals surface area contributed by atoms with Crippen molar-refractivity contribution in [2.45, 2.75) is 38.2 Å². The summed E-state index contributed by atoms with van der Waals surface area (Å²) < 4.78 is 34.7. The van der Waals surface area contributed by atoms with E-state index in [1.165, 1.54) is 6.33 Å². The van der Waals surface area contributed by atoms with E-state index in [2.05, 4.69) is 15.3 Å². The minimum Gasteiger partial charge on any atom is -0.484 e. The first-order valence-corrected chi connectivity index (χ1v) is 10.9. The lowest BCUT2D eigenvalue weighted by atomic mass is 10.0. The van der Waals surface area contributed by atoms with Crippen molar-refractivity contribution in [2.75, 3.05) is 32.1 Å². The fourth-order valence-corrected chi connectivity index (χ4v) is 3.63. The van der Waals surface area contributed by atoms with Crippen LogP contribution in [0.15, 0.2) is 30.6 Å². The maximum absolute atomic E-state index is 14.5. The number of nitrogens with one attached hydrogen (secondary N) is 1. The first-order valence-electron chi connectivity index (χ1n) is 10.9. The number of hydrogen-bond acceptors (Lipinski definition) is 7. The van der Waals surface area contributed by atoms with E-state index in [4.69, 9.17) is 14.9 Å². The van der Waals surface area contributed by atoms with Crippen molar-refractivity contribution in [3.05, 3.63) is 36.2 Å². The number of ether oxygens (including phenoxy) is 1. The van der Waals surface area contributed by atoms with Crippen molar-refractivity contribution in [3.63, 3.8) is 0 Å². The third-order valence-electron chi connectivity index (χ3n) is 5.63. The second kappa shape index (κ2) is 10.8. The van der Waals surface area contributed by atoms with Gasteiger partial charge in [-0.2, -0.15) is 0 Å². The molecule has 0 spiro atoms. The lowest BCUT2D eigenvalue weighted by Crippen LogP contribution is -2.55. The Hall–Kier alpha value is -3.18. The molecule has 2 amide bonds. The van der Waals surface area contributed by atoms with Crippen molar-refractivity contribution >= 4 is 17.6 Å². The fourth-order valence-electron chi connectivity index (χ4n) is 3.63. The van der Waals surface area contributed by atoms with Crippen molar-refractivity contribution < 1.29 is 33.3 Å². The van der Waals surface area contributed by atoms with Gasteiger partial charge in [0.1, 0.15) is 24.5 Å². The van der Waals surface area contributed by atoms with Crippen LogP contribution in [0.3, 0.4) is 0 Å². The van der Waals surface area contributed by atoms with Gasteiger partial charge in [-0.1, -0.05) is 0 Å². The minimum absolute atomic E-state index is 0.0457. The largest absolute Gasteiger partial charge is 0.484 e. The van der Waals surface area contributed by atoms with Crippen LogP contribution in [-0.4, -0.2) is 75.7 Å². The summed E-state index contributed by atoms with van der Waals surface area (Å²) in [6.45, 7) is 0.257. The first-order chi connectivity index (χ1) is 16.3. The number of carbonyl (C=O) groups excluding carboxylic acids is 2. The highest BCUT2D eigenvalue weighted by Crippen LogP contribution is 2.34. The number of hydrogen-bond donors (Lipinski definition) is 3. The van der Waals surface area contributed by atoms with E-state index in [9.17, 15) is 18.4 Å². The molecule has 2 aromatic rings. The average Bonchev–Trinajstić information content (AvgIpc) is 3.68. The number of alkyl halides is 2. The summed E-state index contributed by atoms with van der Waals surface area (Å²) in [5.41, 5.74) is 1.96. The summed E-state index contributed by atoms with van der Waals surface area (Å²) in [5.74, 6) is -3.23. The van der Waals surface area contributed by atoms with E-state index in [1.54, 1.807) is 31.2 Å². The quantitative estimate of drug-likeness (QED) is 0.580. The van der Waals surface area contributed by atoms with Gasteiger partial charge in [0.15, 0.2) is 6.10 Å². The number of aliphatic hydroxyl groups is 2. The van der Waals surface area contributed by atoms with Gasteiger partial charge in [-0.3, -0.25) is 9.59 Å². The molecule has 4 rings (SSSR count). The predicted molar refractivity (Wildman–Crippen MR) is 119 cm³/mol. The molecule has 1 saturated heterocycles. The van der Waals surface area contributed by atoms with Gasteiger partial charge in [0, 0.05) is 37.6 Å². The highest BCUT2D eigenvalue weighted by molar-refractivity contribution is 5.93. The van der Waals surface area contributed by atoms with Crippen LogP contribution < -0.4 is 10.1 Å². The maximum atomic E-state index is 14.5. The standard InChI is InChI=1S/C22H24F2N4O4.CH4O/c1-13-8-15(16-9-19(26-12-25-16)27-21(31)14-2-3-14)4-5-17(13)32-18-6-7-28(20(30)10-29)11-22(18,23)24;1-2/h4-5,8-9,12,14,18,29H,2-3,6-7,10-11H2,1H3,(H,25,26,27,31);2H,1H3. The number of benzene rings is 1. The summed E-state index contributed by atoms with van der Waals surface area (Å²) in [6, 6.07) is 6.75. The number of carbonyl (C=O) groups is 2. The monoisotopic (exact) mass is 478 g/mol. The Morgan fingerprint density at radius 3 is 2.56 bits per heavy atom. The zero-order chi connectivity index (χ0) is 24.9. The predicted octanol–water partition coefficient (Wildman–Crippen LogP) is 2.02. The summed E-state index contributed by atoms with van der Waals surface area (Å²) in [4.78, 5) is 32.8. The molecule has 1 aromatic heterocycles. The number of nitrogens with zero attached hydrogens (tertiary/aromatic N) is 3. The molecule has 1 aliphatic carbocycles. The molecule has 1 aliphatic heterocycles. The molecule has 11 heteroatoms. The number of aliphatic hydroxyl groups excluding tert-OH is 2. The van der Waals surface area contributed by atoms with Crippen LogP contribution in [-0.2, 0) is 9.59 Å². The zero-order valence-electron chi connectivity index (χ0n) is 19.0. The van der Waals surface area contributed by atoms with Gasteiger partial charge >= 0.3 is 5.92 Å². The van der Waals surface area contributed by atoms with Crippen molar-refractivity contribution in [3.8, 4) is 17.0 Å². The Balaban J connectivity index is 0.00000158. The Morgan fingerprint density at radius 2 is 1.94 bits per heavy atom. The number of anilines is 1. The fraction of sp³-hybridized carbons (Fsp3) is 0.478. The van der Waals surface area contributed by atoms with E-state index < -0.39 is 31.1 Å². The molecule has 2 fully saturated rings. The van der Waals surface area contributed by atoms with Crippen molar-refractivity contribution in [2.24, 2.45) is 5.92 Å². The third-order valence-corrected chi connectivity index (χ3v) is 5.63. The molecular formula is C23H28F2N4O5. The number of likely N-dealkylation sites (tertiary alicyclic amines) is 1. The molecule has 2 heterocycles. The van der Waals surface area contributed by atoms with Crippen LogP contribution in [0.2, 0.25) is 0 Å². The molecule has 1 saturated carbocycles. The number of piperidine rings is 1. The molecule has 34 heavy (non-hydrogen) atoms. The van der Waals surface area contributed by atoms with Gasteiger partial charge < -0.3 is 25.2 Å². The van der Waals surface area contributed by atoms with Gasteiger partial charge in [-0.15, -0.1) is 0 Å². The molecule has 184 valence electrons. The number of amides is 2. The topological polar surface area (TPSA) is 125 Å². The maximum Gasteiger partial charge on any atom is 0.301 e. The second-order valence-corrected chi connectivity index (χ2v) is 8.16. The molecule has 3 N–H and O–H groups in total. The first kappa shape index (κ1) is 25.4. The Kier molecular flexibility index (Phi) is 8.11. The van der Waals surface area contributed by atoms with Crippen LogP contribution in [0.5, 0.6) is 5.75 Å². The van der Waals surface area contributed by atoms with Crippen LogP contribution in [0.25, 0.3) is 11.3 Å². The highest BCUT2D eigenvalue weighted by atomic mass is 19.3. The van der Waals surface area contributed by atoms with Crippen LogP contribution in [0, 0.1) is 12.8 Å². The van der Waals surface area contributed by atoms with Crippen LogP contribution >= 0.6 is 0 Å². The highest BCUT2D eigenvalue weighted by Gasteiger charge is 2.47. The third kappa shape index (κ3) is 6.03. The number of rotatable bonds is 6. The summed E-state index contributed by atoms with van der Waals surface area (Å²) in [7, 11) is 1.00. The minimum atomic E-state index is -3.24. The van der Waals surface area contributed by atoms with E-state index >= 15 is 0 Å². The molecule has 9 nitrogen and oxygen atoms in total. The SMILES string of the molecule is CO.Cc1cc(-c2cc(NC(=O)C3CC3)ncn2)ccc1OC1CCN(C(=O)CO)CC1(F)F. The summed E-state index contributed by atoms with van der Waals surface area (Å²) in [6.07, 6.45) is 1.72. The van der Waals surface area contributed by atoms with Crippen molar-refractivity contribution in [1.29, 1.82) is 0 Å². The van der Waals surface area contributed by atoms with E-state index in [-0.39, 0.29) is 24.8 Å². The van der Waals surface area contributed by atoms with Gasteiger partial charge in [-0.05, 0) is 43.5 Å². The Labute approximate surface area is 195 Å². The van der Waals surface area contributed by atoms with E-state index in [1.807, 2.05) is 0 Å². The smallest absolute Gasteiger partial charge is 0.301 e. The van der Waals surface area contributed by atoms with E-state index in [0.29, 0.717) is 22.8 Å². The van der Waals surface area contributed by atoms with Gasteiger partial charge in [0.2, 0.25) is 11.8 Å². The number of aromatic nitrogens is 2. The lowest BCUT2D eigenvalue weighted by molar-refractivity contribution is -0.161. The molecule has 0 bridgehead atoms. The number of aryl methyl sites for hydroxylation is 1. The molecule has 1 atom stereocenters. The summed E-state index contributed by atoms with van der Waals surface area (Å²) in [5, 5.41) is 18.7. The number of halogens is 2. The van der Waals surface area contributed by atoms with Crippen LogP contribution in [0.1, 0.15) is 24.8 Å². The van der Waals surface area contributed by atoms with Gasteiger partial charge in [-0.25, -0.2) is 18.7 Å². The molecule has 1 unspecified atom stereocenters. The summed E-state index contributed by atoms with van der Waals surface area (Å²) >= 11 is 0. The molecule has 2 aliphatic rings. The van der Waals surface area contributed by atoms with Crippen molar-refractivity contribution in [1.82, 2.24) is 14.9 Å². The van der Waals surface area contributed by atoms with Gasteiger partial charge in [0.05, 0.1) is 12.2 Å². The van der Waals surface area contributed by atoms with E-state index in [0.717, 1.165) is 30.4 Å². The average molecular weight is 478 g/mol.